The Morgan fingerprint density at radius 1 is 0.340 bits per heavy atom. The summed E-state index contributed by atoms with van der Waals surface area (Å²) in [4.78, 5) is 0. The van der Waals surface area contributed by atoms with E-state index < -0.39 is 10.4 Å². The molecule has 322 valence electrons. The molecule has 0 saturated carbocycles. The third-order valence-corrected chi connectivity index (χ3v) is 11.8. The van der Waals surface area contributed by atoms with Crippen molar-refractivity contribution in [2.45, 2.75) is 271 Å². The first-order chi connectivity index (χ1) is 25.7. The Labute approximate surface area is 335 Å². The topological polar surface area (TPSA) is 66.4 Å². The summed E-state index contributed by atoms with van der Waals surface area (Å²) in [6.07, 6.45) is 58.9. The summed E-state index contributed by atoms with van der Waals surface area (Å²) in [5, 5.41) is 0. The number of rotatable bonds is 43. The van der Waals surface area contributed by atoms with Crippen molar-refractivity contribution in [2.75, 3.05) is 34.3 Å². The van der Waals surface area contributed by atoms with Gasteiger partial charge in [-0.25, -0.2) is 8.42 Å². The third kappa shape index (κ3) is 54.0. The van der Waals surface area contributed by atoms with E-state index in [1.807, 2.05) is 0 Å². The molecule has 0 amide bonds. The molecular formula is C47H99NO4S. The van der Waals surface area contributed by atoms with Crippen molar-refractivity contribution in [3.63, 3.8) is 0 Å². The van der Waals surface area contributed by atoms with E-state index in [-0.39, 0.29) is 0 Å². The molecule has 5 nitrogen and oxygen atoms in total. The molecule has 6 heteroatoms. The normalized spacial score (nSPS) is 12.0. The van der Waals surface area contributed by atoms with Gasteiger partial charge in [0.1, 0.15) is 0 Å². The number of hydrogen-bond acceptors (Lipinski definition) is 4. The van der Waals surface area contributed by atoms with Gasteiger partial charge in [-0.3, -0.25) is 4.18 Å². The molecular weight excluding hydrogens is 675 g/mol. The second-order valence-corrected chi connectivity index (χ2v) is 18.5. The van der Waals surface area contributed by atoms with Crippen LogP contribution in [0.15, 0.2) is 0 Å². The van der Waals surface area contributed by atoms with Crippen molar-refractivity contribution >= 4 is 10.4 Å². The number of unbranched alkanes of at least 4 members (excludes halogenated alkanes) is 38. The SMILES string of the molecule is CCCCCCCCCCCCCCCCCCCCCC[N+](C)(C)CCCCCCCCCCCCCCCCCCCCCC.COS(=O)(=O)[O-]. The van der Waals surface area contributed by atoms with Gasteiger partial charge in [-0.1, -0.05) is 245 Å². The molecule has 0 saturated heterocycles. The molecule has 0 rings (SSSR count). The predicted octanol–water partition coefficient (Wildman–Crippen LogP) is 15.8. The highest BCUT2D eigenvalue weighted by Gasteiger charge is 2.13. The third-order valence-electron chi connectivity index (χ3n) is 11.4. The first-order valence-corrected chi connectivity index (χ1v) is 25.3. The average molecular weight is 774 g/mol. The molecule has 0 aliphatic carbocycles. The quantitative estimate of drug-likeness (QED) is 0.0268. The zero-order chi connectivity index (χ0) is 39.4. The average Bonchev–Trinajstić information content (AvgIpc) is 3.13. The van der Waals surface area contributed by atoms with Crippen molar-refractivity contribution in [3.05, 3.63) is 0 Å². The smallest absolute Gasteiger partial charge is 0.217 e. The largest absolute Gasteiger partial charge is 0.726 e. The van der Waals surface area contributed by atoms with Crippen molar-refractivity contribution in [1.29, 1.82) is 0 Å². The molecule has 0 aliphatic heterocycles. The van der Waals surface area contributed by atoms with Crippen molar-refractivity contribution < 1.29 is 21.6 Å². The van der Waals surface area contributed by atoms with Crippen LogP contribution in [-0.4, -0.2) is 51.7 Å². The first kappa shape index (κ1) is 54.9. The summed E-state index contributed by atoms with van der Waals surface area (Å²) >= 11 is 0. The van der Waals surface area contributed by atoms with E-state index in [4.69, 9.17) is 0 Å². The Kier molecular flexibility index (Phi) is 46.2. The highest BCUT2D eigenvalue weighted by molar-refractivity contribution is 7.80. The maximum absolute atomic E-state index is 9.22. The Balaban J connectivity index is 0. The molecule has 0 radical (unpaired) electrons. The number of hydrogen-bond donors (Lipinski definition) is 0. The van der Waals surface area contributed by atoms with E-state index >= 15 is 0 Å². The lowest BCUT2D eigenvalue weighted by atomic mass is 10.0. The van der Waals surface area contributed by atoms with E-state index in [0.29, 0.717) is 0 Å². The number of quaternary nitrogens is 1. The summed E-state index contributed by atoms with van der Waals surface area (Å²) in [6, 6.07) is 0. The van der Waals surface area contributed by atoms with Crippen LogP contribution >= 0.6 is 0 Å². The van der Waals surface area contributed by atoms with E-state index in [1.165, 1.54) is 274 Å². The Morgan fingerprint density at radius 2 is 0.472 bits per heavy atom. The molecule has 0 aliphatic rings. The lowest BCUT2D eigenvalue weighted by molar-refractivity contribution is -0.890. The van der Waals surface area contributed by atoms with Crippen LogP contribution in [0, 0.1) is 0 Å². The molecule has 0 atom stereocenters. The molecule has 0 N–H and O–H groups in total. The Morgan fingerprint density at radius 3 is 0.604 bits per heavy atom. The maximum Gasteiger partial charge on any atom is 0.217 e. The second-order valence-electron chi connectivity index (χ2n) is 17.4. The van der Waals surface area contributed by atoms with Crippen LogP contribution in [0.2, 0.25) is 0 Å². The van der Waals surface area contributed by atoms with E-state index in [9.17, 15) is 13.0 Å². The minimum Gasteiger partial charge on any atom is -0.726 e. The van der Waals surface area contributed by atoms with Crippen LogP contribution < -0.4 is 0 Å². The second kappa shape index (κ2) is 44.5. The van der Waals surface area contributed by atoms with Gasteiger partial charge in [0.25, 0.3) is 0 Å². The minimum absolute atomic E-state index is 0.808. The van der Waals surface area contributed by atoms with Gasteiger partial charge < -0.3 is 9.04 Å². The van der Waals surface area contributed by atoms with Gasteiger partial charge in [0.15, 0.2) is 0 Å². The van der Waals surface area contributed by atoms with Crippen LogP contribution in [0.25, 0.3) is 0 Å². The number of nitrogens with zero attached hydrogens (tertiary/aromatic N) is 1. The van der Waals surface area contributed by atoms with E-state index in [0.717, 1.165) is 7.11 Å². The monoisotopic (exact) mass is 774 g/mol. The van der Waals surface area contributed by atoms with Gasteiger partial charge in [0.2, 0.25) is 10.4 Å². The summed E-state index contributed by atoms with van der Waals surface area (Å²) in [7, 11) is 1.35. The molecule has 0 aromatic carbocycles. The lowest BCUT2D eigenvalue weighted by Crippen LogP contribution is -2.41. The fourth-order valence-corrected chi connectivity index (χ4v) is 7.70. The molecule has 0 fully saturated rings. The molecule has 0 bridgehead atoms. The molecule has 0 spiro atoms. The first-order valence-electron chi connectivity index (χ1n) is 24.0. The van der Waals surface area contributed by atoms with Crippen molar-refractivity contribution in [3.8, 4) is 0 Å². The van der Waals surface area contributed by atoms with Gasteiger partial charge in [0.05, 0.1) is 34.3 Å². The van der Waals surface area contributed by atoms with Crippen LogP contribution in [-0.2, 0) is 14.6 Å². The van der Waals surface area contributed by atoms with Crippen molar-refractivity contribution in [2.24, 2.45) is 0 Å². The molecule has 0 heterocycles. The zero-order valence-corrected chi connectivity index (χ0v) is 38.0. The lowest BCUT2D eigenvalue weighted by Gasteiger charge is -2.30. The molecule has 0 unspecified atom stereocenters. The summed E-state index contributed by atoms with van der Waals surface area (Å²) in [5.41, 5.74) is 0. The standard InChI is InChI=1S/C46H96N.CH4O4S/c1-5-7-9-11-13-15-17-19-21-23-25-27-29-31-33-35-37-39-41-43-45-47(3,4)46-44-42-40-38-36-34-32-30-28-26-24-22-20-18-16-14-12-10-8-6-2;1-5-6(2,3)4/h5-46H2,1-4H3;1H3,(H,2,3,4)/q+1;/p-1. The van der Waals surface area contributed by atoms with Gasteiger partial charge >= 0.3 is 0 Å². The summed E-state index contributed by atoms with van der Waals surface area (Å²) in [5.74, 6) is 0. The predicted molar refractivity (Wildman–Crippen MR) is 235 cm³/mol. The highest BCUT2D eigenvalue weighted by Crippen LogP contribution is 2.17. The molecule has 53 heavy (non-hydrogen) atoms. The minimum atomic E-state index is -4.41. The molecule has 0 aromatic heterocycles. The maximum atomic E-state index is 9.22. The summed E-state index contributed by atoms with van der Waals surface area (Å²) < 4.78 is 32.3. The molecule has 0 aromatic rings. The van der Waals surface area contributed by atoms with Crippen LogP contribution in [0.3, 0.4) is 0 Å². The van der Waals surface area contributed by atoms with E-state index in [2.05, 4.69) is 32.1 Å². The van der Waals surface area contributed by atoms with E-state index in [1.54, 1.807) is 0 Å². The van der Waals surface area contributed by atoms with Crippen LogP contribution in [0.5, 0.6) is 0 Å². The van der Waals surface area contributed by atoms with Gasteiger partial charge in [-0.15, -0.1) is 0 Å². The van der Waals surface area contributed by atoms with Crippen molar-refractivity contribution in [1.82, 2.24) is 0 Å². The fourth-order valence-electron chi connectivity index (χ4n) is 7.70. The zero-order valence-electron chi connectivity index (χ0n) is 37.2. The van der Waals surface area contributed by atoms with Gasteiger partial charge in [-0.2, -0.15) is 0 Å². The fraction of sp³-hybridized carbons (Fsp3) is 1.00. The van der Waals surface area contributed by atoms with Crippen LogP contribution in [0.1, 0.15) is 271 Å². The van der Waals surface area contributed by atoms with Crippen LogP contribution in [0.4, 0.5) is 0 Å². The summed E-state index contributed by atoms with van der Waals surface area (Å²) in [6.45, 7) is 7.40. The van der Waals surface area contributed by atoms with Gasteiger partial charge in [-0.05, 0) is 25.7 Å². The highest BCUT2D eigenvalue weighted by atomic mass is 32.3. The Hall–Kier alpha value is -0.170. The van der Waals surface area contributed by atoms with Gasteiger partial charge in [0, 0.05) is 0 Å². The Bertz CT molecular complexity index is 727.